The van der Waals surface area contributed by atoms with E-state index in [2.05, 4.69) is 22.1 Å². The number of ether oxygens (including phenoxy) is 1. The van der Waals surface area contributed by atoms with Crippen molar-refractivity contribution in [2.24, 2.45) is 5.92 Å². The van der Waals surface area contributed by atoms with Crippen molar-refractivity contribution in [1.82, 2.24) is 9.97 Å². The van der Waals surface area contributed by atoms with Gasteiger partial charge in [-0.3, -0.25) is 0 Å². The Kier molecular flexibility index (Phi) is 5.74. The monoisotopic (exact) mass is 412 g/mol. The van der Waals surface area contributed by atoms with Crippen molar-refractivity contribution >= 4 is 20.9 Å². The Labute approximate surface area is 172 Å². The molecule has 2 aromatic heterocycles. The number of nitrogens with one attached hydrogen (secondary N) is 1. The summed E-state index contributed by atoms with van der Waals surface area (Å²) in [6, 6.07) is 11.7. The van der Waals surface area contributed by atoms with Crippen LogP contribution in [-0.2, 0) is 21.2 Å². The first-order valence-corrected chi connectivity index (χ1v) is 12.1. The van der Waals surface area contributed by atoms with Crippen LogP contribution >= 0.6 is 0 Å². The van der Waals surface area contributed by atoms with Gasteiger partial charge in [0.1, 0.15) is 5.65 Å². The summed E-state index contributed by atoms with van der Waals surface area (Å²) in [5, 5.41) is 1.08. The Morgan fingerprint density at radius 1 is 1.17 bits per heavy atom. The van der Waals surface area contributed by atoms with E-state index in [1.807, 2.05) is 18.3 Å². The SMILES string of the molecule is COCc1cnc2[nH]c(C(CC3CCCC3)c3ccc(S(C)(=O)=O)cc3)cc2c1. The lowest BCUT2D eigenvalue weighted by Gasteiger charge is -2.20. The van der Waals surface area contributed by atoms with Gasteiger partial charge in [0.25, 0.3) is 0 Å². The molecule has 4 rings (SSSR count). The predicted molar refractivity (Wildman–Crippen MR) is 115 cm³/mol. The van der Waals surface area contributed by atoms with Gasteiger partial charge in [-0.25, -0.2) is 13.4 Å². The topological polar surface area (TPSA) is 72.0 Å². The first-order chi connectivity index (χ1) is 13.9. The number of aromatic amines is 1. The van der Waals surface area contributed by atoms with Gasteiger partial charge in [0.2, 0.25) is 0 Å². The molecule has 0 saturated heterocycles. The van der Waals surface area contributed by atoms with Gasteiger partial charge < -0.3 is 9.72 Å². The maximum Gasteiger partial charge on any atom is 0.175 e. The fourth-order valence-electron chi connectivity index (χ4n) is 4.48. The lowest BCUT2D eigenvalue weighted by atomic mass is 9.85. The highest BCUT2D eigenvalue weighted by Crippen LogP contribution is 2.38. The number of rotatable bonds is 7. The van der Waals surface area contributed by atoms with Gasteiger partial charge in [0.15, 0.2) is 9.84 Å². The van der Waals surface area contributed by atoms with Crippen LogP contribution in [0, 0.1) is 5.92 Å². The molecule has 0 spiro atoms. The van der Waals surface area contributed by atoms with Gasteiger partial charge in [-0.15, -0.1) is 0 Å². The second-order valence-corrected chi connectivity index (χ2v) is 10.2. The number of aromatic nitrogens is 2. The third kappa shape index (κ3) is 4.54. The molecule has 1 N–H and O–H groups in total. The molecule has 1 fully saturated rings. The zero-order chi connectivity index (χ0) is 20.4. The average Bonchev–Trinajstić information content (AvgIpc) is 3.35. The van der Waals surface area contributed by atoms with Crippen molar-refractivity contribution < 1.29 is 13.2 Å². The molecule has 29 heavy (non-hydrogen) atoms. The molecule has 0 bridgehead atoms. The summed E-state index contributed by atoms with van der Waals surface area (Å²) in [5.41, 5.74) is 4.22. The fraction of sp³-hybridized carbons (Fsp3) is 0.435. The van der Waals surface area contributed by atoms with Crippen LogP contribution in [0.1, 0.15) is 54.8 Å². The quantitative estimate of drug-likeness (QED) is 0.604. The van der Waals surface area contributed by atoms with Crippen LogP contribution in [0.4, 0.5) is 0 Å². The van der Waals surface area contributed by atoms with Crippen LogP contribution in [0.5, 0.6) is 0 Å². The summed E-state index contributed by atoms with van der Waals surface area (Å²) < 4.78 is 28.9. The smallest absolute Gasteiger partial charge is 0.175 e. The fourth-order valence-corrected chi connectivity index (χ4v) is 5.12. The molecule has 6 heteroatoms. The minimum Gasteiger partial charge on any atom is -0.380 e. The van der Waals surface area contributed by atoms with Gasteiger partial charge in [-0.1, -0.05) is 37.8 Å². The summed E-state index contributed by atoms with van der Waals surface area (Å²) in [5.74, 6) is 0.907. The summed E-state index contributed by atoms with van der Waals surface area (Å²) >= 11 is 0. The highest BCUT2D eigenvalue weighted by Gasteiger charge is 2.24. The van der Waals surface area contributed by atoms with E-state index in [1.54, 1.807) is 19.2 Å². The van der Waals surface area contributed by atoms with Crippen molar-refractivity contribution in [2.75, 3.05) is 13.4 Å². The van der Waals surface area contributed by atoms with Gasteiger partial charge in [-0.2, -0.15) is 0 Å². The van der Waals surface area contributed by atoms with Crippen molar-refractivity contribution in [1.29, 1.82) is 0 Å². The van der Waals surface area contributed by atoms with Crippen molar-refractivity contribution in [3.05, 3.63) is 59.4 Å². The van der Waals surface area contributed by atoms with E-state index in [0.29, 0.717) is 17.4 Å². The van der Waals surface area contributed by atoms with Crippen LogP contribution in [0.2, 0.25) is 0 Å². The second kappa shape index (κ2) is 8.28. The molecule has 1 saturated carbocycles. The van der Waals surface area contributed by atoms with Crippen molar-refractivity contribution in [3.8, 4) is 0 Å². The molecular weight excluding hydrogens is 384 g/mol. The number of hydrogen-bond donors (Lipinski definition) is 1. The van der Waals surface area contributed by atoms with E-state index in [9.17, 15) is 8.42 Å². The molecule has 0 radical (unpaired) electrons. The number of benzene rings is 1. The molecule has 0 amide bonds. The lowest BCUT2D eigenvalue weighted by molar-refractivity contribution is 0.184. The highest BCUT2D eigenvalue weighted by atomic mass is 32.2. The molecule has 3 aromatic rings. The van der Waals surface area contributed by atoms with E-state index in [1.165, 1.54) is 31.9 Å². The largest absolute Gasteiger partial charge is 0.380 e. The van der Waals surface area contributed by atoms with Crippen LogP contribution in [-0.4, -0.2) is 31.8 Å². The lowest BCUT2D eigenvalue weighted by Crippen LogP contribution is -2.08. The Morgan fingerprint density at radius 2 is 1.90 bits per heavy atom. The molecule has 1 aliphatic rings. The van der Waals surface area contributed by atoms with E-state index in [0.717, 1.165) is 34.3 Å². The molecule has 5 nitrogen and oxygen atoms in total. The number of nitrogens with zero attached hydrogens (tertiary/aromatic N) is 1. The average molecular weight is 413 g/mol. The number of fused-ring (bicyclic) bond motifs is 1. The Balaban J connectivity index is 1.71. The first kappa shape index (κ1) is 20.1. The van der Waals surface area contributed by atoms with E-state index in [-0.39, 0.29) is 5.92 Å². The summed E-state index contributed by atoms with van der Waals surface area (Å²) in [4.78, 5) is 8.44. The zero-order valence-corrected chi connectivity index (χ0v) is 17.8. The van der Waals surface area contributed by atoms with Gasteiger partial charge >= 0.3 is 0 Å². The Hall–Kier alpha value is -2.18. The maximum atomic E-state index is 11.8. The molecule has 1 aliphatic carbocycles. The number of sulfone groups is 1. The normalized spacial score (nSPS) is 16.5. The first-order valence-electron chi connectivity index (χ1n) is 10.2. The minimum absolute atomic E-state index is 0.201. The highest BCUT2D eigenvalue weighted by molar-refractivity contribution is 7.90. The predicted octanol–water partition coefficient (Wildman–Crippen LogP) is 4.83. The van der Waals surface area contributed by atoms with Crippen LogP contribution in [0.3, 0.4) is 0 Å². The van der Waals surface area contributed by atoms with E-state index in [4.69, 9.17) is 4.74 Å². The van der Waals surface area contributed by atoms with Gasteiger partial charge in [0.05, 0.1) is 11.5 Å². The van der Waals surface area contributed by atoms with E-state index < -0.39 is 9.84 Å². The van der Waals surface area contributed by atoms with Crippen LogP contribution in [0.25, 0.3) is 11.0 Å². The van der Waals surface area contributed by atoms with Crippen LogP contribution in [0.15, 0.2) is 47.5 Å². The molecule has 1 aromatic carbocycles. The number of H-pyrrole nitrogens is 1. The molecule has 1 atom stereocenters. The Morgan fingerprint density at radius 3 is 2.55 bits per heavy atom. The number of hydrogen-bond acceptors (Lipinski definition) is 4. The molecule has 1 unspecified atom stereocenters. The summed E-state index contributed by atoms with van der Waals surface area (Å²) in [7, 11) is -1.51. The molecule has 154 valence electrons. The number of pyridine rings is 1. The second-order valence-electron chi connectivity index (χ2n) is 8.22. The summed E-state index contributed by atoms with van der Waals surface area (Å²) in [6.07, 6.45) is 9.31. The Bertz CT molecular complexity index is 1080. The van der Waals surface area contributed by atoms with Crippen molar-refractivity contribution in [3.63, 3.8) is 0 Å². The molecule has 0 aliphatic heterocycles. The molecule has 2 heterocycles. The molecular formula is C23H28N2O3S. The zero-order valence-electron chi connectivity index (χ0n) is 17.0. The van der Waals surface area contributed by atoms with Crippen LogP contribution < -0.4 is 0 Å². The third-order valence-corrected chi connectivity index (χ3v) is 7.12. The third-order valence-electron chi connectivity index (χ3n) is 5.99. The number of methoxy groups -OCH3 is 1. The van der Waals surface area contributed by atoms with E-state index >= 15 is 0 Å². The minimum atomic E-state index is -3.19. The maximum absolute atomic E-state index is 11.8. The van der Waals surface area contributed by atoms with Crippen molar-refractivity contribution in [2.45, 2.75) is 49.5 Å². The summed E-state index contributed by atoms with van der Waals surface area (Å²) in [6.45, 7) is 0.544. The van der Waals surface area contributed by atoms with Gasteiger partial charge in [0, 0.05) is 36.6 Å². The standard InChI is InChI=1S/C23H28N2O3S/c1-28-15-17-11-19-13-22(25-23(19)24-14-17)21(12-16-5-3-4-6-16)18-7-9-20(10-8-18)29(2,26)27/h7-11,13-14,16,21H,3-6,12,15H2,1-2H3,(H,24,25). The van der Waals surface area contributed by atoms with Gasteiger partial charge in [-0.05, 0) is 47.7 Å².